The molecule has 0 spiro atoms. The van der Waals surface area contributed by atoms with Crippen molar-refractivity contribution in [2.45, 2.75) is 12.6 Å². The van der Waals surface area contributed by atoms with Gasteiger partial charge in [0, 0.05) is 19.7 Å². The van der Waals surface area contributed by atoms with E-state index >= 15 is 0 Å². The standard InChI is InChI=1S/C20H17F3N4O4/c1-27(2)16-8-15(26-19(30)31)14(7-13(16)20(21,22)23)25-18(29)9-17(28)12-5-3-4-11(6-12)10-24/h3-8,26H,9H2,1-2H3,(H,25,29)(H,30,31). The molecule has 31 heavy (non-hydrogen) atoms. The van der Waals surface area contributed by atoms with Crippen LogP contribution in [0.2, 0.25) is 0 Å². The average molecular weight is 434 g/mol. The third kappa shape index (κ3) is 5.96. The Morgan fingerprint density at radius 2 is 1.74 bits per heavy atom. The lowest BCUT2D eigenvalue weighted by molar-refractivity contribution is -0.137. The number of nitrogens with one attached hydrogen (secondary N) is 2. The quantitative estimate of drug-likeness (QED) is 0.468. The lowest BCUT2D eigenvalue weighted by atomic mass is 10.0. The van der Waals surface area contributed by atoms with Gasteiger partial charge in [-0.3, -0.25) is 14.9 Å². The number of hydrogen-bond acceptors (Lipinski definition) is 5. The number of alkyl halides is 3. The minimum absolute atomic E-state index is 0.0806. The van der Waals surface area contributed by atoms with Crippen LogP contribution in [0.1, 0.15) is 27.9 Å². The van der Waals surface area contributed by atoms with Crippen molar-refractivity contribution in [2.75, 3.05) is 29.6 Å². The maximum atomic E-state index is 13.5. The maximum Gasteiger partial charge on any atom is 0.418 e. The highest BCUT2D eigenvalue weighted by molar-refractivity contribution is 6.12. The summed E-state index contributed by atoms with van der Waals surface area (Å²) in [5.74, 6) is -1.62. The van der Waals surface area contributed by atoms with E-state index in [4.69, 9.17) is 10.4 Å². The van der Waals surface area contributed by atoms with Gasteiger partial charge in [0.05, 0.1) is 40.7 Å². The predicted octanol–water partition coefficient (Wildman–Crippen LogP) is 3.94. The molecule has 0 atom stereocenters. The number of Topliss-reactive ketones (excluding diaryl/α,β-unsaturated/α-hetero) is 1. The Morgan fingerprint density at radius 1 is 1.10 bits per heavy atom. The van der Waals surface area contributed by atoms with E-state index in [0.29, 0.717) is 6.07 Å². The van der Waals surface area contributed by atoms with E-state index in [1.54, 1.807) is 0 Å². The Balaban J connectivity index is 2.37. The minimum atomic E-state index is -4.78. The number of rotatable bonds is 6. The Morgan fingerprint density at radius 3 is 2.29 bits per heavy atom. The van der Waals surface area contributed by atoms with E-state index in [1.165, 1.54) is 38.4 Å². The molecule has 0 aliphatic carbocycles. The zero-order chi connectivity index (χ0) is 23.3. The molecule has 2 amide bonds. The van der Waals surface area contributed by atoms with Crippen molar-refractivity contribution in [1.82, 2.24) is 0 Å². The van der Waals surface area contributed by atoms with E-state index in [0.717, 1.165) is 11.0 Å². The molecule has 0 saturated heterocycles. The summed E-state index contributed by atoms with van der Waals surface area (Å²) in [6, 6.07) is 8.97. The number of carboxylic acid groups (broad SMARTS) is 1. The van der Waals surface area contributed by atoms with Gasteiger partial charge in [0.1, 0.15) is 0 Å². The number of amides is 2. The number of hydrogen-bond donors (Lipinski definition) is 3. The van der Waals surface area contributed by atoms with Gasteiger partial charge in [-0.2, -0.15) is 18.4 Å². The van der Waals surface area contributed by atoms with Crippen LogP contribution < -0.4 is 15.5 Å². The molecular weight excluding hydrogens is 417 g/mol. The molecule has 0 aliphatic rings. The van der Waals surface area contributed by atoms with Gasteiger partial charge in [-0.05, 0) is 24.3 Å². The van der Waals surface area contributed by atoms with E-state index in [-0.39, 0.29) is 22.5 Å². The second-order valence-electron chi connectivity index (χ2n) is 6.58. The zero-order valence-corrected chi connectivity index (χ0v) is 16.4. The summed E-state index contributed by atoms with van der Waals surface area (Å²) >= 11 is 0. The number of nitriles is 1. The van der Waals surface area contributed by atoms with Crippen LogP contribution in [0.3, 0.4) is 0 Å². The van der Waals surface area contributed by atoms with E-state index in [2.05, 4.69) is 5.32 Å². The lowest BCUT2D eigenvalue weighted by Crippen LogP contribution is -2.21. The molecule has 2 rings (SSSR count). The smallest absolute Gasteiger partial charge is 0.418 e. The van der Waals surface area contributed by atoms with Crippen LogP contribution in [0.25, 0.3) is 0 Å². The fraction of sp³-hybridized carbons (Fsp3) is 0.200. The van der Waals surface area contributed by atoms with Crippen LogP contribution >= 0.6 is 0 Å². The van der Waals surface area contributed by atoms with Crippen LogP contribution in [0.5, 0.6) is 0 Å². The Labute approximate surface area is 174 Å². The molecule has 0 bridgehead atoms. The van der Waals surface area contributed by atoms with Gasteiger partial charge in [-0.15, -0.1) is 0 Å². The summed E-state index contributed by atoms with van der Waals surface area (Å²) < 4.78 is 40.4. The molecule has 0 unspecified atom stereocenters. The van der Waals surface area contributed by atoms with E-state index in [1.807, 2.05) is 11.4 Å². The van der Waals surface area contributed by atoms with Gasteiger partial charge in [0.2, 0.25) is 5.91 Å². The van der Waals surface area contributed by atoms with Crippen LogP contribution in [0.15, 0.2) is 36.4 Å². The van der Waals surface area contributed by atoms with Gasteiger partial charge in [-0.1, -0.05) is 12.1 Å². The third-order valence-corrected chi connectivity index (χ3v) is 4.07. The molecule has 0 aliphatic heterocycles. The van der Waals surface area contributed by atoms with Crippen LogP contribution in [-0.2, 0) is 11.0 Å². The lowest BCUT2D eigenvalue weighted by Gasteiger charge is -2.22. The third-order valence-electron chi connectivity index (χ3n) is 4.07. The number of benzene rings is 2. The molecule has 0 radical (unpaired) electrons. The molecule has 0 saturated carbocycles. The summed E-state index contributed by atoms with van der Waals surface area (Å²) in [5.41, 5.74) is -1.89. The molecular formula is C20H17F3N4O4. The molecule has 0 heterocycles. The Kier molecular flexibility index (Phi) is 6.86. The zero-order valence-electron chi connectivity index (χ0n) is 16.4. The van der Waals surface area contributed by atoms with Crippen molar-refractivity contribution in [3.05, 3.63) is 53.1 Å². The summed E-state index contributed by atoms with van der Waals surface area (Å²) in [5, 5.41) is 22.0. The first-order valence-corrected chi connectivity index (χ1v) is 8.68. The molecule has 0 aromatic heterocycles. The summed E-state index contributed by atoms with van der Waals surface area (Å²) in [6.07, 6.45) is -7.06. The van der Waals surface area contributed by atoms with Gasteiger partial charge in [-0.25, -0.2) is 4.79 Å². The van der Waals surface area contributed by atoms with Gasteiger partial charge < -0.3 is 15.3 Å². The molecule has 2 aromatic rings. The highest BCUT2D eigenvalue weighted by Crippen LogP contribution is 2.41. The van der Waals surface area contributed by atoms with Gasteiger partial charge in [0.25, 0.3) is 0 Å². The molecule has 3 N–H and O–H groups in total. The topological polar surface area (TPSA) is 123 Å². The highest BCUT2D eigenvalue weighted by Gasteiger charge is 2.35. The first kappa shape index (κ1) is 23.2. The van der Waals surface area contributed by atoms with Crippen molar-refractivity contribution in [3.8, 4) is 6.07 Å². The molecule has 8 nitrogen and oxygen atoms in total. The largest absolute Gasteiger partial charge is 0.465 e. The normalized spacial score (nSPS) is 10.7. The van der Waals surface area contributed by atoms with Gasteiger partial charge >= 0.3 is 12.3 Å². The SMILES string of the molecule is CN(C)c1cc(NC(=O)O)c(NC(=O)CC(=O)c2cccc(C#N)c2)cc1C(F)(F)F. The summed E-state index contributed by atoms with van der Waals surface area (Å²) in [4.78, 5) is 36.8. The number of carbonyl (C=O) groups is 3. The number of halogens is 3. The van der Waals surface area contributed by atoms with Crippen LogP contribution in [0, 0.1) is 11.3 Å². The van der Waals surface area contributed by atoms with Crippen molar-refractivity contribution in [3.63, 3.8) is 0 Å². The fourth-order valence-corrected chi connectivity index (χ4v) is 2.71. The second-order valence-corrected chi connectivity index (χ2v) is 6.58. The number of nitrogens with zero attached hydrogens (tertiary/aromatic N) is 2. The average Bonchev–Trinajstić information content (AvgIpc) is 2.67. The first-order valence-electron chi connectivity index (χ1n) is 8.68. The Bertz CT molecular complexity index is 1080. The summed E-state index contributed by atoms with van der Waals surface area (Å²) in [6.45, 7) is 0. The number of ketones is 1. The predicted molar refractivity (Wildman–Crippen MR) is 106 cm³/mol. The molecule has 2 aromatic carbocycles. The minimum Gasteiger partial charge on any atom is -0.465 e. The Hall–Kier alpha value is -4.07. The van der Waals surface area contributed by atoms with E-state index < -0.39 is 41.6 Å². The number of carbonyl (C=O) groups excluding carboxylic acids is 2. The maximum absolute atomic E-state index is 13.5. The fourth-order valence-electron chi connectivity index (χ4n) is 2.71. The first-order chi connectivity index (χ1) is 14.4. The van der Waals surface area contributed by atoms with E-state index in [9.17, 15) is 27.6 Å². The number of anilines is 3. The molecule has 0 fully saturated rings. The van der Waals surface area contributed by atoms with Crippen molar-refractivity contribution in [2.24, 2.45) is 0 Å². The van der Waals surface area contributed by atoms with Crippen molar-refractivity contribution >= 4 is 34.8 Å². The van der Waals surface area contributed by atoms with Crippen LogP contribution in [-0.4, -0.2) is 37.0 Å². The highest BCUT2D eigenvalue weighted by atomic mass is 19.4. The van der Waals surface area contributed by atoms with Gasteiger partial charge in [0.15, 0.2) is 5.78 Å². The van der Waals surface area contributed by atoms with Crippen molar-refractivity contribution < 1.29 is 32.7 Å². The van der Waals surface area contributed by atoms with Crippen molar-refractivity contribution in [1.29, 1.82) is 5.26 Å². The second kappa shape index (κ2) is 9.17. The summed E-state index contributed by atoms with van der Waals surface area (Å²) in [7, 11) is 2.70. The van der Waals surface area contributed by atoms with Crippen LogP contribution in [0.4, 0.5) is 35.0 Å². The monoisotopic (exact) mass is 434 g/mol. The molecule has 162 valence electrons. The molecule has 11 heteroatoms.